The molecule has 5 heteroatoms. The summed E-state index contributed by atoms with van der Waals surface area (Å²) in [6.45, 7) is 2.14. The van der Waals surface area contributed by atoms with Crippen molar-refractivity contribution in [1.82, 2.24) is 0 Å². The van der Waals surface area contributed by atoms with E-state index in [1.54, 1.807) is 6.92 Å². The highest BCUT2D eigenvalue weighted by Crippen LogP contribution is 2.39. The van der Waals surface area contributed by atoms with Gasteiger partial charge in [-0.15, -0.1) is 11.3 Å². The zero-order chi connectivity index (χ0) is 17.6. The predicted octanol–water partition coefficient (Wildman–Crippen LogP) is 4.37. The molecule has 0 fully saturated rings. The molecule has 0 saturated heterocycles. The van der Waals surface area contributed by atoms with Crippen molar-refractivity contribution in [1.29, 1.82) is 0 Å². The number of esters is 1. The molecular weight excluding hydrogens is 334 g/mol. The number of thiophene rings is 1. The molecule has 1 amide bonds. The highest BCUT2D eigenvalue weighted by atomic mass is 32.1. The molecule has 3 rings (SSSR count). The van der Waals surface area contributed by atoms with Crippen molar-refractivity contribution in [2.75, 3.05) is 11.9 Å². The fraction of sp³-hybridized carbons (Fsp3) is 0.400. The van der Waals surface area contributed by atoms with Crippen molar-refractivity contribution in [2.45, 2.75) is 45.4 Å². The number of hydrogen-bond donors (Lipinski definition) is 1. The van der Waals surface area contributed by atoms with Gasteiger partial charge in [-0.25, -0.2) is 4.79 Å². The number of fused-ring (bicyclic) bond motifs is 1. The van der Waals surface area contributed by atoms with Gasteiger partial charge in [-0.2, -0.15) is 0 Å². The van der Waals surface area contributed by atoms with E-state index in [4.69, 9.17) is 4.74 Å². The third kappa shape index (κ3) is 4.28. The van der Waals surface area contributed by atoms with Gasteiger partial charge in [-0.05, 0) is 50.2 Å². The number of hydrogen-bond acceptors (Lipinski definition) is 4. The van der Waals surface area contributed by atoms with Crippen molar-refractivity contribution >= 4 is 28.2 Å². The first-order valence-electron chi connectivity index (χ1n) is 8.84. The first-order chi connectivity index (χ1) is 12.2. The van der Waals surface area contributed by atoms with Gasteiger partial charge in [0.25, 0.3) is 0 Å². The molecule has 4 nitrogen and oxygen atoms in total. The van der Waals surface area contributed by atoms with E-state index in [1.165, 1.54) is 21.8 Å². The maximum absolute atomic E-state index is 12.3. The molecule has 0 aliphatic heterocycles. The molecule has 0 unspecified atom stereocenters. The molecule has 0 atom stereocenters. The number of nitrogens with one attached hydrogen (secondary N) is 1. The number of ether oxygens (including phenoxy) is 1. The lowest BCUT2D eigenvalue weighted by molar-refractivity contribution is -0.116. The average Bonchev–Trinajstić information content (AvgIpc) is 3.16. The summed E-state index contributed by atoms with van der Waals surface area (Å²) < 4.78 is 5.19. The Morgan fingerprint density at radius 3 is 2.76 bits per heavy atom. The van der Waals surface area contributed by atoms with Gasteiger partial charge in [-0.1, -0.05) is 30.3 Å². The molecule has 1 aliphatic carbocycles. The molecule has 0 bridgehead atoms. The molecule has 1 heterocycles. The van der Waals surface area contributed by atoms with Gasteiger partial charge in [0, 0.05) is 11.3 Å². The summed E-state index contributed by atoms with van der Waals surface area (Å²) in [5, 5.41) is 3.60. The Kier molecular flexibility index (Phi) is 5.87. The number of aryl methyl sites for hydroxylation is 2. The highest BCUT2D eigenvalue weighted by Gasteiger charge is 2.28. The molecule has 1 aliphatic rings. The quantitative estimate of drug-likeness (QED) is 0.749. The van der Waals surface area contributed by atoms with Gasteiger partial charge in [-0.3, -0.25) is 4.79 Å². The van der Waals surface area contributed by atoms with Crippen LogP contribution in [0.5, 0.6) is 0 Å². The maximum atomic E-state index is 12.3. The Morgan fingerprint density at radius 2 is 2.00 bits per heavy atom. The number of anilines is 1. The first-order valence-corrected chi connectivity index (χ1v) is 9.66. The topological polar surface area (TPSA) is 55.4 Å². The summed E-state index contributed by atoms with van der Waals surface area (Å²) in [6.07, 6.45) is 5.05. The smallest absolute Gasteiger partial charge is 0.341 e. The molecule has 25 heavy (non-hydrogen) atoms. The summed E-state index contributed by atoms with van der Waals surface area (Å²) in [7, 11) is 0. The molecule has 2 aromatic rings. The lowest BCUT2D eigenvalue weighted by atomic mass is 10.1. The van der Waals surface area contributed by atoms with E-state index in [-0.39, 0.29) is 11.9 Å². The monoisotopic (exact) mass is 357 g/mol. The molecular formula is C20H23NO3S. The van der Waals surface area contributed by atoms with Gasteiger partial charge in [0.05, 0.1) is 12.2 Å². The van der Waals surface area contributed by atoms with Gasteiger partial charge < -0.3 is 10.1 Å². The SMILES string of the molecule is CCOC(=O)c1c(NC(=O)CCCc2ccccc2)sc2c1CCC2. The maximum Gasteiger partial charge on any atom is 0.341 e. The van der Waals surface area contributed by atoms with Gasteiger partial charge in [0.15, 0.2) is 0 Å². The van der Waals surface area contributed by atoms with Crippen LogP contribution in [0.4, 0.5) is 5.00 Å². The van der Waals surface area contributed by atoms with Crippen LogP contribution in [0, 0.1) is 0 Å². The van der Waals surface area contributed by atoms with Crippen molar-refractivity contribution in [3.63, 3.8) is 0 Å². The lowest BCUT2D eigenvalue weighted by Crippen LogP contribution is -2.15. The summed E-state index contributed by atoms with van der Waals surface area (Å²) in [5.41, 5.74) is 2.89. The molecule has 0 radical (unpaired) electrons. The zero-order valence-electron chi connectivity index (χ0n) is 14.5. The van der Waals surface area contributed by atoms with Gasteiger partial charge in [0.2, 0.25) is 5.91 Å². The Labute approximate surface area is 152 Å². The molecule has 0 saturated carbocycles. The Bertz CT molecular complexity index is 752. The van der Waals surface area contributed by atoms with Crippen LogP contribution in [-0.2, 0) is 28.8 Å². The standard InChI is InChI=1S/C20H23NO3S/c1-2-24-20(23)18-15-11-7-12-16(15)25-19(18)21-17(22)13-6-10-14-8-4-3-5-9-14/h3-5,8-9H,2,6-7,10-13H2,1H3,(H,21,22). The van der Waals surface area contributed by atoms with E-state index >= 15 is 0 Å². The summed E-state index contributed by atoms with van der Waals surface area (Å²) in [6, 6.07) is 10.1. The van der Waals surface area contributed by atoms with Crippen LogP contribution < -0.4 is 5.32 Å². The van der Waals surface area contributed by atoms with E-state index in [2.05, 4.69) is 17.4 Å². The van der Waals surface area contributed by atoms with E-state index in [0.29, 0.717) is 23.6 Å². The summed E-state index contributed by atoms with van der Waals surface area (Å²) in [4.78, 5) is 25.8. The second kappa shape index (κ2) is 8.30. The third-order valence-corrected chi connectivity index (χ3v) is 5.57. The van der Waals surface area contributed by atoms with Crippen molar-refractivity contribution in [3.05, 3.63) is 51.9 Å². The molecule has 1 aromatic carbocycles. The van der Waals surface area contributed by atoms with E-state index in [0.717, 1.165) is 37.7 Å². The summed E-state index contributed by atoms with van der Waals surface area (Å²) >= 11 is 1.53. The zero-order valence-corrected chi connectivity index (χ0v) is 15.3. The minimum Gasteiger partial charge on any atom is -0.462 e. The van der Waals surface area contributed by atoms with E-state index in [9.17, 15) is 9.59 Å². The number of benzene rings is 1. The molecule has 1 N–H and O–H groups in total. The fourth-order valence-corrected chi connectivity index (χ4v) is 4.49. The van der Waals surface area contributed by atoms with Crippen LogP contribution >= 0.6 is 11.3 Å². The van der Waals surface area contributed by atoms with Crippen molar-refractivity contribution < 1.29 is 14.3 Å². The number of carbonyl (C=O) groups is 2. The first kappa shape index (κ1) is 17.7. The molecule has 132 valence electrons. The lowest BCUT2D eigenvalue weighted by Gasteiger charge is -2.08. The number of amides is 1. The van der Waals surface area contributed by atoms with Gasteiger partial charge in [0.1, 0.15) is 5.00 Å². The third-order valence-electron chi connectivity index (χ3n) is 4.37. The fourth-order valence-electron chi connectivity index (χ4n) is 3.20. The van der Waals surface area contributed by atoms with Crippen molar-refractivity contribution in [2.24, 2.45) is 0 Å². The number of rotatable bonds is 7. The Balaban J connectivity index is 1.62. The van der Waals surface area contributed by atoms with Crippen LogP contribution in [0.1, 0.15) is 52.5 Å². The Hall–Kier alpha value is -2.14. The Morgan fingerprint density at radius 1 is 1.20 bits per heavy atom. The minimum absolute atomic E-state index is 0.0404. The average molecular weight is 357 g/mol. The van der Waals surface area contributed by atoms with E-state index < -0.39 is 0 Å². The normalized spacial score (nSPS) is 12.7. The second-order valence-corrected chi connectivity index (χ2v) is 7.27. The predicted molar refractivity (Wildman–Crippen MR) is 100 cm³/mol. The van der Waals surface area contributed by atoms with Crippen LogP contribution in [0.2, 0.25) is 0 Å². The largest absolute Gasteiger partial charge is 0.462 e. The second-order valence-electron chi connectivity index (χ2n) is 6.17. The van der Waals surface area contributed by atoms with Crippen LogP contribution in [0.3, 0.4) is 0 Å². The highest BCUT2D eigenvalue weighted by molar-refractivity contribution is 7.17. The minimum atomic E-state index is -0.318. The number of carbonyl (C=O) groups excluding carboxylic acids is 2. The van der Waals surface area contributed by atoms with Crippen LogP contribution in [0.15, 0.2) is 30.3 Å². The van der Waals surface area contributed by atoms with Crippen LogP contribution in [-0.4, -0.2) is 18.5 Å². The van der Waals surface area contributed by atoms with Crippen LogP contribution in [0.25, 0.3) is 0 Å². The van der Waals surface area contributed by atoms with Gasteiger partial charge >= 0.3 is 5.97 Å². The van der Waals surface area contributed by atoms with E-state index in [1.807, 2.05) is 18.2 Å². The molecule has 1 aromatic heterocycles. The van der Waals surface area contributed by atoms with Crippen molar-refractivity contribution in [3.8, 4) is 0 Å². The summed E-state index contributed by atoms with van der Waals surface area (Å²) in [5.74, 6) is -0.358. The molecule has 0 spiro atoms.